The highest BCUT2D eigenvalue weighted by atomic mass is 16.3. The molecule has 3 aliphatic rings. The van der Waals surface area contributed by atoms with Crippen molar-refractivity contribution in [1.82, 2.24) is 10.2 Å². The van der Waals surface area contributed by atoms with Gasteiger partial charge in [0.15, 0.2) is 11.9 Å². The molecule has 0 spiro atoms. The van der Waals surface area contributed by atoms with Crippen molar-refractivity contribution in [2.75, 3.05) is 13.2 Å². The Morgan fingerprint density at radius 2 is 2.32 bits per heavy atom. The van der Waals surface area contributed by atoms with Gasteiger partial charge in [0.1, 0.15) is 6.34 Å². The summed E-state index contributed by atoms with van der Waals surface area (Å²) in [7, 11) is 0. The number of carbonyl (C=O) groups excluding carboxylic acids is 2. The minimum Gasteiger partial charge on any atom is -0.394 e. The van der Waals surface area contributed by atoms with E-state index < -0.39 is 24.2 Å². The minimum atomic E-state index is -0.784. The van der Waals surface area contributed by atoms with Gasteiger partial charge in [-0.2, -0.15) is 0 Å². The number of nitrogens with zero attached hydrogens (tertiary/aromatic N) is 3. The lowest BCUT2D eigenvalue weighted by Gasteiger charge is -2.28. The van der Waals surface area contributed by atoms with Gasteiger partial charge in [-0.05, 0) is 18.3 Å². The number of fused-ring (bicyclic) bond motifs is 1. The fourth-order valence-corrected chi connectivity index (χ4v) is 2.49. The van der Waals surface area contributed by atoms with Crippen LogP contribution >= 0.6 is 0 Å². The Morgan fingerprint density at radius 3 is 3.05 bits per heavy atom. The van der Waals surface area contributed by atoms with Gasteiger partial charge in [0.2, 0.25) is 0 Å². The maximum atomic E-state index is 12.1. The Labute approximate surface area is 108 Å². The van der Waals surface area contributed by atoms with E-state index in [1.165, 1.54) is 6.34 Å². The van der Waals surface area contributed by atoms with Gasteiger partial charge < -0.3 is 15.5 Å². The first-order chi connectivity index (χ1) is 9.11. The first-order valence-corrected chi connectivity index (χ1v) is 6.12. The van der Waals surface area contributed by atoms with Gasteiger partial charge in [-0.15, -0.1) is 0 Å². The number of aliphatic imine (C=N–C) groups is 2. The summed E-state index contributed by atoms with van der Waals surface area (Å²) in [5.41, 5.74) is 0.222. The molecule has 102 valence electrons. The molecule has 4 unspecified atom stereocenters. The third-order valence-corrected chi connectivity index (χ3v) is 3.72. The highest BCUT2D eigenvalue weighted by Crippen LogP contribution is 2.42. The average Bonchev–Trinajstić information content (AvgIpc) is 3.01. The molecule has 2 heterocycles. The molecule has 1 saturated heterocycles. The highest BCUT2D eigenvalue weighted by Gasteiger charge is 2.47. The van der Waals surface area contributed by atoms with E-state index in [0.717, 1.165) is 4.90 Å². The van der Waals surface area contributed by atoms with Crippen LogP contribution in [-0.2, 0) is 4.79 Å². The quantitative estimate of drug-likeness (QED) is 0.564. The van der Waals surface area contributed by atoms with Crippen LogP contribution in [0.1, 0.15) is 6.42 Å². The topological polar surface area (TPSA) is 115 Å². The number of hydrogen-bond acceptors (Lipinski definition) is 6. The van der Waals surface area contributed by atoms with Crippen LogP contribution in [-0.4, -0.2) is 64.5 Å². The zero-order chi connectivity index (χ0) is 13.6. The molecule has 0 radical (unpaired) electrons. The molecule has 19 heavy (non-hydrogen) atoms. The molecule has 3 N–H and O–H groups in total. The fourth-order valence-electron chi connectivity index (χ4n) is 2.49. The number of nitrogens with one attached hydrogen (secondary N) is 1. The monoisotopic (exact) mass is 266 g/mol. The Hall–Kier alpha value is -1.80. The smallest absolute Gasteiger partial charge is 0.326 e. The van der Waals surface area contributed by atoms with E-state index in [-0.39, 0.29) is 30.7 Å². The molecular weight excluding hydrogens is 252 g/mol. The lowest BCUT2D eigenvalue weighted by molar-refractivity contribution is -0.122. The van der Waals surface area contributed by atoms with E-state index in [2.05, 4.69) is 15.3 Å². The van der Waals surface area contributed by atoms with Crippen molar-refractivity contribution in [3.05, 3.63) is 0 Å². The SMILES string of the molecule is O=C1NC2N=CN=C2C(=O)N1CC1CC1C(O)CO. The van der Waals surface area contributed by atoms with Gasteiger partial charge in [-0.25, -0.2) is 14.8 Å². The van der Waals surface area contributed by atoms with Crippen molar-refractivity contribution < 1.29 is 19.8 Å². The molecular formula is C11H14N4O4. The lowest BCUT2D eigenvalue weighted by atomic mass is 10.1. The lowest BCUT2D eigenvalue weighted by Crippen LogP contribution is -2.59. The zero-order valence-electron chi connectivity index (χ0n) is 10.1. The van der Waals surface area contributed by atoms with Crippen LogP contribution in [0.4, 0.5) is 4.79 Å². The molecule has 8 nitrogen and oxygen atoms in total. The second-order valence-electron chi connectivity index (χ2n) is 4.96. The Kier molecular flexibility index (Phi) is 2.83. The molecule has 0 aromatic rings. The van der Waals surface area contributed by atoms with Gasteiger partial charge in [0.25, 0.3) is 5.91 Å². The van der Waals surface area contributed by atoms with E-state index in [4.69, 9.17) is 5.11 Å². The maximum Gasteiger partial charge on any atom is 0.326 e. The van der Waals surface area contributed by atoms with E-state index >= 15 is 0 Å². The third kappa shape index (κ3) is 2.02. The van der Waals surface area contributed by atoms with Crippen LogP contribution in [0.25, 0.3) is 0 Å². The van der Waals surface area contributed by atoms with Crippen molar-refractivity contribution >= 4 is 24.0 Å². The van der Waals surface area contributed by atoms with E-state index in [9.17, 15) is 14.7 Å². The Morgan fingerprint density at radius 1 is 1.53 bits per heavy atom. The largest absolute Gasteiger partial charge is 0.394 e. The molecule has 1 saturated carbocycles. The first kappa shape index (κ1) is 12.2. The Bertz CT molecular complexity index is 489. The molecule has 0 bridgehead atoms. The van der Waals surface area contributed by atoms with Crippen LogP contribution in [0, 0.1) is 11.8 Å². The normalized spacial score (nSPS) is 33.9. The van der Waals surface area contributed by atoms with Crippen LogP contribution in [0.15, 0.2) is 9.98 Å². The number of carbonyl (C=O) groups is 2. The number of aliphatic hydroxyl groups is 2. The molecule has 0 aromatic heterocycles. The molecule has 3 rings (SSSR count). The number of amides is 3. The predicted octanol–water partition coefficient (Wildman–Crippen LogP) is -1.66. The molecule has 2 aliphatic heterocycles. The van der Waals surface area contributed by atoms with Crippen molar-refractivity contribution in [3.63, 3.8) is 0 Å². The minimum absolute atomic E-state index is 0.0383. The summed E-state index contributed by atoms with van der Waals surface area (Å²) in [6, 6.07) is -0.489. The summed E-state index contributed by atoms with van der Waals surface area (Å²) in [5.74, 6) is -0.447. The number of hydrogen-bond donors (Lipinski definition) is 3. The van der Waals surface area contributed by atoms with Gasteiger partial charge in [-0.1, -0.05) is 0 Å². The molecule has 1 aliphatic carbocycles. The number of imide groups is 1. The molecule has 2 fully saturated rings. The Balaban J connectivity index is 1.65. The van der Waals surface area contributed by atoms with Gasteiger partial charge in [0, 0.05) is 6.54 Å². The summed E-state index contributed by atoms with van der Waals surface area (Å²) in [6.45, 7) is -0.0674. The van der Waals surface area contributed by atoms with Crippen LogP contribution in [0.2, 0.25) is 0 Å². The van der Waals surface area contributed by atoms with E-state index in [1.54, 1.807) is 0 Å². The summed E-state index contributed by atoms with van der Waals surface area (Å²) in [4.78, 5) is 32.7. The number of aliphatic hydroxyl groups excluding tert-OH is 2. The highest BCUT2D eigenvalue weighted by molar-refractivity contribution is 6.46. The van der Waals surface area contributed by atoms with E-state index in [1.807, 2.05) is 0 Å². The third-order valence-electron chi connectivity index (χ3n) is 3.72. The van der Waals surface area contributed by atoms with Crippen molar-refractivity contribution in [2.45, 2.75) is 18.7 Å². The molecule has 4 atom stereocenters. The summed E-state index contributed by atoms with van der Waals surface area (Å²) < 4.78 is 0. The van der Waals surface area contributed by atoms with Crippen molar-refractivity contribution in [3.8, 4) is 0 Å². The predicted molar refractivity (Wildman–Crippen MR) is 64.6 cm³/mol. The molecule has 3 amide bonds. The molecule has 0 aromatic carbocycles. The zero-order valence-corrected chi connectivity index (χ0v) is 10.1. The summed E-state index contributed by atoms with van der Waals surface area (Å²) >= 11 is 0. The van der Waals surface area contributed by atoms with Crippen LogP contribution in [0.3, 0.4) is 0 Å². The first-order valence-electron chi connectivity index (χ1n) is 6.12. The number of rotatable bonds is 4. The van der Waals surface area contributed by atoms with Crippen LogP contribution < -0.4 is 5.32 Å². The standard InChI is InChI=1S/C11H14N4O4/c16-3-7(17)6-1-5(6)2-15-10(18)8-9(13-4-12-8)14-11(15)19/h4-7,9,16-17H,1-3H2,(H,14,19). The van der Waals surface area contributed by atoms with Gasteiger partial charge in [0.05, 0.1) is 12.7 Å². The van der Waals surface area contributed by atoms with Crippen molar-refractivity contribution in [1.29, 1.82) is 0 Å². The summed E-state index contributed by atoms with van der Waals surface area (Å²) in [5, 5.41) is 20.9. The molecule has 8 heteroatoms. The second-order valence-corrected chi connectivity index (χ2v) is 4.96. The van der Waals surface area contributed by atoms with Gasteiger partial charge >= 0.3 is 6.03 Å². The van der Waals surface area contributed by atoms with Crippen LogP contribution in [0.5, 0.6) is 0 Å². The number of urea groups is 1. The average molecular weight is 266 g/mol. The maximum absolute atomic E-state index is 12.1. The fraction of sp³-hybridized carbons (Fsp3) is 0.636. The van der Waals surface area contributed by atoms with Crippen molar-refractivity contribution in [2.24, 2.45) is 21.8 Å². The second kappa shape index (κ2) is 4.39. The van der Waals surface area contributed by atoms with Gasteiger partial charge in [-0.3, -0.25) is 9.69 Å². The summed E-state index contributed by atoms with van der Waals surface area (Å²) in [6.07, 6.45) is 0.518. The van der Waals surface area contributed by atoms with E-state index in [0.29, 0.717) is 6.42 Å².